The maximum absolute atomic E-state index is 13.0. The Morgan fingerprint density at radius 3 is 2.64 bits per heavy atom. The number of likely N-dealkylation sites (tertiary alicyclic amines) is 1. The Labute approximate surface area is 150 Å². The molecule has 1 heterocycles. The number of β-amino-alcohol motifs (C(OH)–C–C–N with tert-alkyl or cyclic N) is 1. The van der Waals surface area contributed by atoms with Gasteiger partial charge >= 0.3 is 5.97 Å². The fourth-order valence-electron chi connectivity index (χ4n) is 3.31. The van der Waals surface area contributed by atoms with Crippen molar-refractivity contribution in [2.75, 3.05) is 13.1 Å². The van der Waals surface area contributed by atoms with Gasteiger partial charge in [-0.05, 0) is 35.7 Å². The minimum Gasteiger partial charge on any atom is -0.478 e. The van der Waals surface area contributed by atoms with E-state index in [4.69, 9.17) is 16.7 Å². The van der Waals surface area contributed by atoms with Crippen molar-refractivity contribution in [3.8, 4) is 0 Å². The number of carboxylic acid groups (broad SMARTS) is 1. The first-order valence-electron chi connectivity index (χ1n) is 8.06. The number of aliphatic hydroxyl groups is 1. The Balaban J connectivity index is 1.68. The fraction of sp³-hybridized carbons (Fsp3) is 0.316. The highest BCUT2D eigenvalue weighted by molar-refractivity contribution is 6.34. The number of halogens is 2. The molecular weight excluding hydrogens is 345 g/mol. The summed E-state index contributed by atoms with van der Waals surface area (Å²) in [5.74, 6) is -1.35. The second-order valence-corrected chi connectivity index (χ2v) is 6.95. The summed E-state index contributed by atoms with van der Waals surface area (Å²) in [5.41, 5.74) is 0.818. The molecule has 0 spiro atoms. The molecule has 1 atom stereocenters. The highest BCUT2D eigenvalue weighted by Crippen LogP contribution is 2.29. The van der Waals surface area contributed by atoms with Gasteiger partial charge in [0.15, 0.2) is 0 Å². The molecule has 1 unspecified atom stereocenters. The molecule has 2 N–H and O–H groups in total. The normalized spacial score (nSPS) is 20.8. The summed E-state index contributed by atoms with van der Waals surface area (Å²) in [5, 5.41) is 20.2. The van der Waals surface area contributed by atoms with Gasteiger partial charge in [-0.2, -0.15) is 0 Å². The number of nitrogens with zero attached hydrogens (tertiary/aromatic N) is 1. The van der Waals surface area contributed by atoms with Crippen LogP contribution >= 0.6 is 11.6 Å². The topological polar surface area (TPSA) is 60.8 Å². The van der Waals surface area contributed by atoms with Gasteiger partial charge in [-0.1, -0.05) is 35.9 Å². The molecule has 1 aliphatic rings. The summed E-state index contributed by atoms with van der Waals surface area (Å²) in [7, 11) is 0. The Morgan fingerprint density at radius 1 is 1.24 bits per heavy atom. The minimum atomic E-state index is -1.05. The Morgan fingerprint density at radius 2 is 1.96 bits per heavy atom. The molecule has 0 bridgehead atoms. The monoisotopic (exact) mass is 363 g/mol. The average Bonchev–Trinajstić information content (AvgIpc) is 2.92. The Bertz CT molecular complexity index is 781. The summed E-state index contributed by atoms with van der Waals surface area (Å²) in [6.07, 6.45) is 1.05. The number of hydrogen-bond acceptors (Lipinski definition) is 3. The lowest BCUT2D eigenvalue weighted by Gasteiger charge is -2.24. The predicted molar refractivity (Wildman–Crippen MR) is 93.4 cm³/mol. The highest BCUT2D eigenvalue weighted by atomic mass is 35.5. The average molecular weight is 364 g/mol. The van der Waals surface area contributed by atoms with Crippen LogP contribution in [0.4, 0.5) is 4.39 Å². The van der Waals surface area contributed by atoms with Gasteiger partial charge in [0.2, 0.25) is 0 Å². The van der Waals surface area contributed by atoms with Gasteiger partial charge in [-0.15, -0.1) is 0 Å². The maximum atomic E-state index is 13.0. The molecule has 4 nitrogen and oxygen atoms in total. The van der Waals surface area contributed by atoms with Crippen LogP contribution in [0.2, 0.25) is 5.02 Å². The number of benzene rings is 2. The molecule has 6 heteroatoms. The van der Waals surface area contributed by atoms with E-state index in [1.165, 1.54) is 18.2 Å². The second kappa shape index (κ2) is 7.12. The van der Waals surface area contributed by atoms with Crippen LogP contribution in [0.3, 0.4) is 0 Å². The third-order valence-electron chi connectivity index (χ3n) is 4.56. The zero-order valence-corrected chi connectivity index (χ0v) is 14.3. The van der Waals surface area contributed by atoms with Crippen LogP contribution in [0.1, 0.15) is 27.9 Å². The van der Waals surface area contributed by atoms with Crippen LogP contribution in [0, 0.1) is 5.82 Å². The van der Waals surface area contributed by atoms with E-state index in [1.54, 1.807) is 24.3 Å². The van der Waals surface area contributed by atoms with E-state index < -0.39 is 11.6 Å². The summed E-state index contributed by atoms with van der Waals surface area (Å²) in [6, 6.07) is 11.1. The van der Waals surface area contributed by atoms with E-state index in [9.17, 15) is 14.3 Å². The van der Waals surface area contributed by atoms with Crippen molar-refractivity contribution in [3.63, 3.8) is 0 Å². The van der Waals surface area contributed by atoms with Crippen molar-refractivity contribution in [1.29, 1.82) is 0 Å². The summed E-state index contributed by atoms with van der Waals surface area (Å²) in [6.45, 7) is 1.62. The quantitative estimate of drug-likeness (QED) is 0.855. The van der Waals surface area contributed by atoms with Gasteiger partial charge in [-0.25, -0.2) is 9.18 Å². The van der Waals surface area contributed by atoms with Gasteiger partial charge in [0.25, 0.3) is 0 Å². The van der Waals surface area contributed by atoms with Crippen molar-refractivity contribution < 1.29 is 19.4 Å². The molecule has 1 aliphatic heterocycles. The second-order valence-electron chi connectivity index (χ2n) is 6.57. The molecule has 0 aliphatic carbocycles. The molecule has 1 saturated heterocycles. The van der Waals surface area contributed by atoms with Crippen LogP contribution in [0.15, 0.2) is 42.5 Å². The molecule has 2 aromatic rings. The van der Waals surface area contributed by atoms with Crippen molar-refractivity contribution >= 4 is 17.6 Å². The summed E-state index contributed by atoms with van der Waals surface area (Å²) < 4.78 is 13.0. The van der Waals surface area contributed by atoms with Crippen LogP contribution < -0.4 is 0 Å². The lowest BCUT2D eigenvalue weighted by molar-refractivity contribution is 0.0487. The molecule has 25 heavy (non-hydrogen) atoms. The standard InChI is InChI=1S/C19H19ClFNO3/c20-17-14(2-1-3-16(17)18(23)24)11-22-9-8-19(25,12-22)10-13-4-6-15(21)7-5-13/h1-7,25H,8-12H2,(H,23,24). The largest absolute Gasteiger partial charge is 0.478 e. The van der Waals surface area contributed by atoms with E-state index in [2.05, 4.69) is 4.90 Å². The van der Waals surface area contributed by atoms with Crippen molar-refractivity contribution in [1.82, 2.24) is 4.90 Å². The molecule has 1 fully saturated rings. The zero-order valence-electron chi connectivity index (χ0n) is 13.6. The smallest absolute Gasteiger partial charge is 0.337 e. The number of hydrogen-bond donors (Lipinski definition) is 2. The molecule has 0 radical (unpaired) electrons. The van der Waals surface area contributed by atoms with Crippen LogP contribution in [0.25, 0.3) is 0 Å². The first kappa shape index (κ1) is 17.9. The van der Waals surface area contributed by atoms with Crippen molar-refractivity contribution in [2.24, 2.45) is 0 Å². The van der Waals surface area contributed by atoms with E-state index in [-0.39, 0.29) is 16.4 Å². The summed E-state index contributed by atoms with van der Waals surface area (Å²) >= 11 is 6.19. The predicted octanol–water partition coefficient (Wildman–Crippen LogP) is 3.36. The third kappa shape index (κ3) is 4.18. The molecule has 3 rings (SSSR count). The van der Waals surface area contributed by atoms with Gasteiger partial charge in [0.1, 0.15) is 5.82 Å². The van der Waals surface area contributed by atoms with E-state index in [1.807, 2.05) is 0 Å². The van der Waals surface area contributed by atoms with Crippen LogP contribution in [0.5, 0.6) is 0 Å². The third-order valence-corrected chi connectivity index (χ3v) is 5.01. The number of aromatic carboxylic acids is 1. The van der Waals surface area contributed by atoms with Gasteiger partial charge < -0.3 is 10.2 Å². The first-order chi connectivity index (χ1) is 11.9. The Kier molecular flexibility index (Phi) is 5.08. The zero-order chi connectivity index (χ0) is 18.0. The molecule has 0 amide bonds. The lowest BCUT2D eigenvalue weighted by Crippen LogP contribution is -2.35. The molecule has 2 aromatic carbocycles. The molecule has 0 saturated carbocycles. The van der Waals surface area contributed by atoms with Crippen LogP contribution in [-0.2, 0) is 13.0 Å². The lowest BCUT2D eigenvalue weighted by atomic mass is 9.94. The van der Waals surface area contributed by atoms with Gasteiger partial charge in [0.05, 0.1) is 16.2 Å². The number of rotatable bonds is 5. The van der Waals surface area contributed by atoms with Gasteiger partial charge in [0, 0.05) is 26.1 Å². The van der Waals surface area contributed by atoms with E-state index in [0.717, 1.165) is 11.1 Å². The SMILES string of the molecule is O=C(O)c1cccc(CN2CCC(O)(Cc3ccc(F)cc3)C2)c1Cl. The Hall–Kier alpha value is -1.95. The van der Waals surface area contributed by atoms with E-state index >= 15 is 0 Å². The number of carbonyl (C=O) groups is 1. The first-order valence-corrected chi connectivity index (χ1v) is 8.44. The minimum absolute atomic E-state index is 0.0833. The van der Waals surface area contributed by atoms with E-state index in [0.29, 0.717) is 32.5 Å². The maximum Gasteiger partial charge on any atom is 0.337 e. The van der Waals surface area contributed by atoms with Crippen molar-refractivity contribution in [2.45, 2.75) is 25.0 Å². The molecular formula is C19H19ClFNO3. The molecule has 0 aromatic heterocycles. The van der Waals surface area contributed by atoms with Gasteiger partial charge in [-0.3, -0.25) is 4.90 Å². The highest BCUT2D eigenvalue weighted by Gasteiger charge is 2.36. The fourth-order valence-corrected chi connectivity index (χ4v) is 3.58. The van der Waals surface area contributed by atoms with Crippen molar-refractivity contribution in [3.05, 3.63) is 70.0 Å². The summed E-state index contributed by atoms with van der Waals surface area (Å²) in [4.78, 5) is 13.2. The van der Waals surface area contributed by atoms with Crippen LogP contribution in [-0.4, -0.2) is 39.8 Å². The molecule has 132 valence electrons. The number of carboxylic acids is 1.